The molecule has 0 aromatic heterocycles. The highest BCUT2D eigenvalue weighted by molar-refractivity contribution is 6.35. The number of hydrogen-bond donors (Lipinski definition) is 1. The van der Waals surface area contributed by atoms with Crippen molar-refractivity contribution in [3.05, 3.63) is 111 Å². The zero-order valence-corrected chi connectivity index (χ0v) is 22.1. The maximum absolute atomic E-state index is 14.1. The fraction of sp³-hybridized carbons (Fsp3) is 0.172. The normalized spacial score (nSPS) is 14.1. The number of carbonyl (C=O) groups is 2. The molecule has 1 saturated heterocycles. The summed E-state index contributed by atoms with van der Waals surface area (Å²) in [6.07, 6.45) is 3.74. The Hall–Kier alpha value is -3.81. The van der Waals surface area contributed by atoms with Crippen LogP contribution in [0.15, 0.2) is 72.9 Å². The number of benzene rings is 3. The van der Waals surface area contributed by atoms with Gasteiger partial charge in [-0.05, 0) is 55.3 Å². The van der Waals surface area contributed by atoms with Gasteiger partial charge >= 0.3 is 6.03 Å². The summed E-state index contributed by atoms with van der Waals surface area (Å²) < 4.78 is 26.1. The molecule has 0 radical (unpaired) electrons. The van der Waals surface area contributed by atoms with Crippen LogP contribution in [0.1, 0.15) is 29.2 Å². The predicted octanol–water partition coefficient (Wildman–Crippen LogP) is 6.93. The lowest BCUT2D eigenvalue weighted by atomic mass is 10.0. The van der Waals surface area contributed by atoms with E-state index in [-0.39, 0.29) is 24.4 Å². The highest BCUT2D eigenvalue weighted by atomic mass is 35.5. The number of rotatable bonds is 10. The van der Waals surface area contributed by atoms with Gasteiger partial charge in [0, 0.05) is 26.7 Å². The van der Waals surface area contributed by atoms with Gasteiger partial charge in [-0.15, -0.1) is 6.58 Å². The number of ether oxygens (including phenoxy) is 2. The minimum Gasteiger partial charge on any atom is -0.490 e. The van der Waals surface area contributed by atoms with Crippen LogP contribution in [0, 0.1) is 5.82 Å². The number of carbonyl (C=O) groups excluding carboxylic acids is 2. The van der Waals surface area contributed by atoms with Crippen molar-refractivity contribution in [3.8, 4) is 11.5 Å². The lowest BCUT2D eigenvalue weighted by molar-refractivity contribution is -0.123. The molecular formula is C29H25Cl2FN2O4. The quantitative estimate of drug-likeness (QED) is 0.167. The summed E-state index contributed by atoms with van der Waals surface area (Å²) >= 11 is 12.3. The third-order valence-electron chi connectivity index (χ3n) is 5.76. The van der Waals surface area contributed by atoms with E-state index >= 15 is 0 Å². The van der Waals surface area contributed by atoms with Crippen LogP contribution in [0.5, 0.6) is 11.5 Å². The molecular weight excluding hydrogens is 530 g/mol. The van der Waals surface area contributed by atoms with E-state index in [2.05, 4.69) is 11.9 Å². The van der Waals surface area contributed by atoms with Crippen LogP contribution < -0.4 is 14.8 Å². The number of amides is 3. The van der Waals surface area contributed by atoms with Crippen LogP contribution in [0.4, 0.5) is 9.18 Å². The molecule has 6 nitrogen and oxygen atoms in total. The van der Waals surface area contributed by atoms with Crippen molar-refractivity contribution in [1.82, 2.24) is 10.2 Å². The van der Waals surface area contributed by atoms with Crippen molar-refractivity contribution in [3.63, 3.8) is 0 Å². The zero-order valence-electron chi connectivity index (χ0n) is 20.6. The molecule has 3 amide bonds. The molecule has 196 valence electrons. The molecule has 1 aliphatic rings. The second kappa shape index (κ2) is 12.2. The van der Waals surface area contributed by atoms with Crippen molar-refractivity contribution in [2.24, 2.45) is 0 Å². The summed E-state index contributed by atoms with van der Waals surface area (Å²) in [5.74, 6) is -0.0673. The van der Waals surface area contributed by atoms with Crippen molar-refractivity contribution >= 4 is 41.2 Å². The first-order chi connectivity index (χ1) is 18.3. The molecule has 0 aliphatic carbocycles. The third-order valence-corrected chi connectivity index (χ3v) is 6.35. The fourth-order valence-corrected chi connectivity index (χ4v) is 4.43. The van der Waals surface area contributed by atoms with Crippen LogP contribution in [0.2, 0.25) is 10.0 Å². The Kier molecular flexibility index (Phi) is 8.71. The molecule has 0 atom stereocenters. The second-order valence-corrected chi connectivity index (χ2v) is 9.27. The average molecular weight is 555 g/mol. The van der Waals surface area contributed by atoms with Crippen molar-refractivity contribution in [2.75, 3.05) is 6.61 Å². The first kappa shape index (κ1) is 27.2. The van der Waals surface area contributed by atoms with Gasteiger partial charge in [0.25, 0.3) is 5.91 Å². The summed E-state index contributed by atoms with van der Waals surface area (Å²) in [4.78, 5) is 26.5. The van der Waals surface area contributed by atoms with Gasteiger partial charge in [0.15, 0.2) is 11.5 Å². The molecule has 0 spiro atoms. The summed E-state index contributed by atoms with van der Waals surface area (Å²) in [6, 6.07) is 14.1. The van der Waals surface area contributed by atoms with E-state index in [1.807, 2.05) is 13.0 Å². The van der Waals surface area contributed by atoms with Crippen LogP contribution >= 0.6 is 23.2 Å². The van der Waals surface area contributed by atoms with Crippen LogP contribution in [0.25, 0.3) is 6.08 Å². The predicted molar refractivity (Wildman–Crippen MR) is 146 cm³/mol. The Morgan fingerprint density at radius 1 is 1.03 bits per heavy atom. The largest absolute Gasteiger partial charge is 0.490 e. The van der Waals surface area contributed by atoms with Gasteiger partial charge in [-0.1, -0.05) is 53.5 Å². The molecule has 1 fully saturated rings. The Labute approximate surface area is 230 Å². The molecule has 9 heteroatoms. The van der Waals surface area contributed by atoms with Gasteiger partial charge in [-0.25, -0.2) is 9.18 Å². The fourth-order valence-electron chi connectivity index (χ4n) is 3.97. The smallest absolute Gasteiger partial charge is 0.329 e. The first-order valence-electron chi connectivity index (χ1n) is 11.9. The highest BCUT2D eigenvalue weighted by Crippen LogP contribution is 2.36. The van der Waals surface area contributed by atoms with E-state index in [4.69, 9.17) is 32.7 Å². The monoisotopic (exact) mass is 554 g/mol. The minimum atomic E-state index is -0.624. The summed E-state index contributed by atoms with van der Waals surface area (Å²) in [5, 5.41) is 3.59. The van der Waals surface area contributed by atoms with Gasteiger partial charge < -0.3 is 14.8 Å². The van der Waals surface area contributed by atoms with Gasteiger partial charge in [0.2, 0.25) is 0 Å². The van der Waals surface area contributed by atoms with E-state index in [1.165, 1.54) is 12.1 Å². The van der Waals surface area contributed by atoms with Gasteiger partial charge in [-0.2, -0.15) is 0 Å². The Bertz CT molecular complexity index is 1420. The van der Waals surface area contributed by atoms with Gasteiger partial charge in [0.1, 0.15) is 18.1 Å². The van der Waals surface area contributed by atoms with Gasteiger partial charge in [-0.3, -0.25) is 9.69 Å². The van der Waals surface area contributed by atoms with Crippen LogP contribution in [0.3, 0.4) is 0 Å². The zero-order chi connectivity index (χ0) is 27.2. The second-order valence-electron chi connectivity index (χ2n) is 8.43. The number of allylic oxidation sites excluding steroid dienone is 1. The molecule has 4 rings (SSSR count). The van der Waals surface area contributed by atoms with E-state index < -0.39 is 17.8 Å². The number of nitrogens with one attached hydrogen (secondary N) is 1. The summed E-state index contributed by atoms with van der Waals surface area (Å²) in [5.41, 5.74) is 2.44. The lowest BCUT2D eigenvalue weighted by Crippen LogP contribution is -2.30. The van der Waals surface area contributed by atoms with Crippen molar-refractivity contribution < 1.29 is 23.5 Å². The van der Waals surface area contributed by atoms with E-state index in [0.29, 0.717) is 40.1 Å². The standard InChI is InChI=1S/C29H25Cl2FN2O4/c1-3-7-19-12-18(13-25-28(35)34(29(36)33-25)16-20-8-5-6-9-24(20)32)14-26(37-4-2)27(19)38-17-21-10-11-22(30)15-23(21)31/h3,5-6,8-15H,1,4,7,16-17H2,2H3,(H,33,36)/b25-13+. The lowest BCUT2D eigenvalue weighted by Gasteiger charge is -2.17. The topological polar surface area (TPSA) is 67.9 Å². The van der Waals surface area contributed by atoms with Crippen molar-refractivity contribution in [2.45, 2.75) is 26.5 Å². The molecule has 0 bridgehead atoms. The van der Waals surface area contributed by atoms with E-state index in [0.717, 1.165) is 16.0 Å². The number of halogens is 3. The molecule has 1 N–H and O–H groups in total. The number of hydrogen-bond acceptors (Lipinski definition) is 4. The first-order valence-corrected chi connectivity index (χ1v) is 12.6. The van der Waals surface area contributed by atoms with Crippen LogP contribution in [-0.2, 0) is 24.4 Å². The van der Waals surface area contributed by atoms with Crippen LogP contribution in [-0.4, -0.2) is 23.4 Å². The Balaban J connectivity index is 1.63. The average Bonchev–Trinajstić information content (AvgIpc) is 3.13. The van der Waals surface area contributed by atoms with Crippen molar-refractivity contribution in [1.29, 1.82) is 0 Å². The van der Waals surface area contributed by atoms with E-state index in [9.17, 15) is 14.0 Å². The minimum absolute atomic E-state index is 0.0694. The third kappa shape index (κ3) is 6.18. The van der Waals surface area contributed by atoms with E-state index in [1.54, 1.807) is 48.6 Å². The molecule has 1 heterocycles. The molecule has 0 unspecified atom stereocenters. The summed E-state index contributed by atoms with van der Waals surface area (Å²) in [6.45, 7) is 6.05. The highest BCUT2D eigenvalue weighted by Gasteiger charge is 2.34. The van der Waals surface area contributed by atoms with Gasteiger partial charge in [0.05, 0.1) is 13.2 Å². The number of urea groups is 1. The SMILES string of the molecule is C=CCc1cc(/C=C2/NC(=O)N(Cc3ccccc3F)C2=O)cc(OCC)c1OCc1ccc(Cl)cc1Cl. The molecule has 1 aliphatic heterocycles. The maximum Gasteiger partial charge on any atom is 0.329 e. The Morgan fingerprint density at radius 2 is 1.82 bits per heavy atom. The number of imide groups is 1. The molecule has 3 aromatic carbocycles. The summed E-state index contributed by atoms with van der Waals surface area (Å²) in [7, 11) is 0. The molecule has 38 heavy (non-hydrogen) atoms. The number of nitrogens with zero attached hydrogens (tertiary/aromatic N) is 1. The molecule has 0 saturated carbocycles. The maximum atomic E-state index is 14.1. The Morgan fingerprint density at radius 3 is 2.53 bits per heavy atom. The molecule has 3 aromatic rings.